The van der Waals surface area contributed by atoms with Crippen LogP contribution in [0.1, 0.15) is 16.1 Å². The number of H-pyrrole nitrogens is 1. The number of carbonyl (C=O) groups excluding carboxylic acids is 2. The molecule has 0 aliphatic heterocycles. The normalized spacial score (nSPS) is 11.1. The van der Waals surface area contributed by atoms with Gasteiger partial charge in [0.1, 0.15) is 5.69 Å². The van der Waals surface area contributed by atoms with Gasteiger partial charge in [0.2, 0.25) is 0 Å². The van der Waals surface area contributed by atoms with Crippen molar-refractivity contribution < 1.29 is 27.5 Å². The fourth-order valence-corrected chi connectivity index (χ4v) is 1.86. The van der Waals surface area contributed by atoms with Gasteiger partial charge in [-0.25, -0.2) is 4.79 Å². The minimum Gasteiger partial charge on any atom is -0.451 e. The standard InChI is InChI=1S/C13H9ClF3N3O3/c14-8-3-1-2-7(13(15,16)17)11(8)19-10(21)6-23-12(22)9-4-5-18-20-9/h1-5H,6H2,(H,18,20)(H,19,21). The number of rotatable bonds is 4. The summed E-state index contributed by atoms with van der Waals surface area (Å²) in [4.78, 5) is 23.2. The average Bonchev–Trinajstić information content (AvgIpc) is 3.00. The highest BCUT2D eigenvalue weighted by molar-refractivity contribution is 6.34. The SMILES string of the molecule is O=C(COC(=O)c1ccn[nH]1)Nc1c(Cl)cccc1C(F)(F)F. The Kier molecular flexibility index (Phi) is 4.89. The zero-order valence-corrected chi connectivity index (χ0v) is 12.0. The van der Waals surface area contributed by atoms with Crippen molar-refractivity contribution in [3.05, 3.63) is 46.7 Å². The van der Waals surface area contributed by atoms with E-state index in [1.54, 1.807) is 0 Å². The van der Waals surface area contributed by atoms with E-state index < -0.39 is 35.9 Å². The number of carbonyl (C=O) groups is 2. The van der Waals surface area contributed by atoms with Gasteiger partial charge in [0.25, 0.3) is 5.91 Å². The van der Waals surface area contributed by atoms with E-state index >= 15 is 0 Å². The number of anilines is 1. The highest BCUT2D eigenvalue weighted by Gasteiger charge is 2.34. The van der Waals surface area contributed by atoms with E-state index in [0.717, 1.165) is 12.1 Å². The van der Waals surface area contributed by atoms with Crippen molar-refractivity contribution in [2.24, 2.45) is 0 Å². The van der Waals surface area contributed by atoms with Crippen molar-refractivity contribution in [3.63, 3.8) is 0 Å². The van der Waals surface area contributed by atoms with Gasteiger partial charge in [-0.2, -0.15) is 18.3 Å². The van der Waals surface area contributed by atoms with Crippen molar-refractivity contribution >= 4 is 29.2 Å². The summed E-state index contributed by atoms with van der Waals surface area (Å²) in [7, 11) is 0. The van der Waals surface area contributed by atoms with Gasteiger partial charge in [-0.15, -0.1) is 0 Å². The van der Waals surface area contributed by atoms with Gasteiger partial charge in [0.15, 0.2) is 6.61 Å². The monoisotopic (exact) mass is 347 g/mol. The number of amides is 1. The summed E-state index contributed by atoms with van der Waals surface area (Å²) >= 11 is 5.69. The average molecular weight is 348 g/mol. The van der Waals surface area contributed by atoms with Crippen LogP contribution in [0.2, 0.25) is 5.02 Å². The molecule has 0 saturated heterocycles. The molecule has 2 aromatic rings. The lowest BCUT2D eigenvalue weighted by Gasteiger charge is -2.15. The van der Waals surface area contributed by atoms with Crippen LogP contribution in [-0.2, 0) is 15.7 Å². The first-order chi connectivity index (χ1) is 10.8. The molecule has 0 unspecified atom stereocenters. The Balaban J connectivity index is 2.05. The molecule has 10 heteroatoms. The molecule has 0 spiro atoms. The fourth-order valence-electron chi connectivity index (χ4n) is 1.64. The van der Waals surface area contributed by atoms with Gasteiger partial charge >= 0.3 is 12.1 Å². The summed E-state index contributed by atoms with van der Waals surface area (Å²) in [6.45, 7) is -0.777. The van der Waals surface area contributed by atoms with Gasteiger partial charge in [-0.3, -0.25) is 9.89 Å². The maximum atomic E-state index is 12.9. The smallest absolute Gasteiger partial charge is 0.418 e. The quantitative estimate of drug-likeness (QED) is 0.833. The number of aromatic amines is 1. The molecule has 0 atom stereocenters. The molecule has 0 bridgehead atoms. The third-order valence-electron chi connectivity index (χ3n) is 2.64. The van der Waals surface area contributed by atoms with Crippen LogP contribution >= 0.6 is 11.6 Å². The first-order valence-electron chi connectivity index (χ1n) is 6.11. The number of halogens is 4. The lowest BCUT2D eigenvalue weighted by Crippen LogP contribution is -2.23. The largest absolute Gasteiger partial charge is 0.451 e. The van der Waals surface area contributed by atoms with E-state index in [4.69, 9.17) is 11.6 Å². The molecule has 0 saturated carbocycles. The number of esters is 1. The second-order valence-corrected chi connectivity index (χ2v) is 4.66. The summed E-state index contributed by atoms with van der Waals surface area (Å²) in [5.41, 5.74) is -1.69. The molecule has 1 amide bonds. The molecule has 2 N–H and O–H groups in total. The molecule has 122 valence electrons. The van der Waals surface area contributed by atoms with Crippen molar-refractivity contribution in [2.45, 2.75) is 6.18 Å². The number of benzene rings is 1. The van der Waals surface area contributed by atoms with Gasteiger partial charge in [0, 0.05) is 6.20 Å². The van der Waals surface area contributed by atoms with Crippen LogP contribution in [0.5, 0.6) is 0 Å². The molecule has 2 rings (SSSR count). The van der Waals surface area contributed by atoms with E-state index in [9.17, 15) is 22.8 Å². The Labute approximate surface area is 132 Å². The molecule has 0 aliphatic carbocycles. The Morgan fingerprint density at radius 1 is 1.30 bits per heavy atom. The summed E-state index contributed by atoms with van der Waals surface area (Å²) in [5, 5.41) is 7.55. The Morgan fingerprint density at radius 3 is 2.65 bits per heavy atom. The number of hydrogen-bond donors (Lipinski definition) is 2. The van der Waals surface area contributed by atoms with Crippen molar-refractivity contribution in [1.82, 2.24) is 10.2 Å². The van der Waals surface area contributed by atoms with E-state index in [-0.39, 0.29) is 10.7 Å². The van der Waals surface area contributed by atoms with Crippen molar-refractivity contribution in [1.29, 1.82) is 0 Å². The number of para-hydroxylation sites is 1. The lowest BCUT2D eigenvalue weighted by molar-refractivity contribution is -0.137. The zero-order chi connectivity index (χ0) is 17.0. The topological polar surface area (TPSA) is 84.1 Å². The number of ether oxygens (including phenoxy) is 1. The molecule has 23 heavy (non-hydrogen) atoms. The third kappa shape index (κ3) is 4.22. The van der Waals surface area contributed by atoms with Crippen molar-refractivity contribution in [3.8, 4) is 0 Å². The van der Waals surface area contributed by atoms with E-state index in [1.165, 1.54) is 18.3 Å². The van der Waals surface area contributed by atoms with Gasteiger partial charge in [-0.1, -0.05) is 17.7 Å². The molecule has 6 nitrogen and oxygen atoms in total. The Morgan fingerprint density at radius 2 is 2.04 bits per heavy atom. The predicted octanol–water partition coefficient (Wildman–Crippen LogP) is 2.88. The van der Waals surface area contributed by atoms with Crippen LogP contribution in [-0.4, -0.2) is 28.7 Å². The molecule has 0 fully saturated rings. The van der Waals surface area contributed by atoms with Crippen LogP contribution in [0.15, 0.2) is 30.5 Å². The maximum absolute atomic E-state index is 12.9. The fraction of sp³-hybridized carbons (Fsp3) is 0.154. The van der Waals surface area contributed by atoms with Crippen LogP contribution in [0.4, 0.5) is 18.9 Å². The predicted molar refractivity (Wildman–Crippen MR) is 74.0 cm³/mol. The molecule has 1 heterocycles. The summed E-state index contributed by atoms with van der Waals surface area (Å²) in [6, 6.07) is 4.40. The first-order valence-corrected chi connectivity index (χ1v) is 6.49. The molecule has 0 aliphatic rings. The minimum atomic E-state index is -4.69. The molecule has 0 radical (unpaired) electrons. The Bertz CT molecular complexity index is 717. The van der Waals surface area contributed by atoms with Gasteiger partial charge < -0.3 is 10.1 Å². The second kappa shape index (κ2) is 6.69. The molecular formula is C13H9ClF3N3O3. The molecule has 1 aromatic carbocycles. The van der Waals surface area contributed by atoms with E-state index in [2.05, 4.69) is 14.9 Å². The molecule has 1 aromatic heterocycles. The van der Waals surface area contributed by atoms with Gasteiger partial charge in [0.05, 0.1) is 16.3 Å². The number of alkyl halides is 3. The van der Waals surface area contributed by atoms with Crippen LogP contribution in [0, 0.1) is 0 Å². The van der Waals surface area contributed by atoms with Crippen molar-refractivity contribution in [2.75, 3.05) is 11.9 Å². The van der Waals surface area contributed by atoms with Gasteiger partial charge in [-0.05, 0) is 18.2 Å². The molecular weight excluding hydrogens is 339 g/mol. The first kappa shape index (κ1) is 16.8. The van der Waals surface area contributed by atoms with Crippen LogP contribution in [0.25, 0.3) is 0 Å². The lowest BCUT2D eigenvalue weighted by atomic mass is 10.1. The highest BCUT2D eigenvalue weighted by atomic mass is 35.5. The van der Waals surface area contributed by atoms with Crippen LogP contribution < -0.4 is 5.32 Å². The summed E-state index contributed by atoms with van der Waals surface area (Å²) in [5.74, 6) is -1.83. The maximum Gasteiger partial charge on any atom is 0.418 e. The third-order valence-corrected chi connectivity index (χ3v) is 2.95. The number of nitrogens with one attached hydrogen (secondary N) is 2. The summed E-state index contributed by atoms with van der Waals surface area (Å²) < 4.78 is 43.3. The van der Waals surface area contributed by atoms with Crippen LogP contribution in [0.3, 0.4) is 0 Å². The number of aromatic nitrogens is 2. The Hall–Kier alpha value is -2.55. The number of hydrogen-bond acceptors (Lipinski definition) is 4. The summed E-state index contributed by atoms with van der Waals surface area (Å²) in [6.07, 6.45) is -3.39. The zero-order valence-electron chi connectivity index (χ0n) is 11.3. The van der Waals surface area contributed by atoms with E-state index in [0.29, 0.717) is 0 Å². The minimum absolute atomic E-state index is 0.00604. The van der Waals surface area contributed by atoms with E-state index in [1.807, 2.05) is 5.32 Å². The number of nitrogens with zero attached hydrogens (tertiary/aromatic N) is 1. The highest BCUT2D eigenvalue weighted by Crippen LogP contribution is 2.38. The second-order valence-electron chi connectivity index (χ2n) is 4.25.